The second kappa shape index (κ2) is 6.72. The maximum Gasteiger partial charge on any atom is 0.217 e. The molecule has 0 aromatic carbocycles. The summed E-state index contributed by atoms with van der Waals surface area (Å²) < 4.78 is 27.8. The Bertz CT molecular complexity index is 980. The van der Waals surface area contributed by atoms with E-state index in [1.54, 1.807) is 18.2 Å². The standard InChI is InChI=1S/C20H21F2N5/c1-20(2)6-5-14-15(10-20)26-27-18(14)13-8-16(21)25-17(9-13)24-11-12-4-3-7-23-19(12)22/h3-4,7-9H,5-6,10-11H2,1-2H3,(H,24,25)(H,26,27). The smallest absolute Gasteiger partial charge is 0.217 e. The Morgan fingerprint density at radius 3 is 2.93 bits per heavy atom. The monoisotopic (exact) mass is 369 g/mol. The zero-order valence-corrected chi connectivity index (χ0v) is 15.3. The van der Waals surface area contributed by atoms with Crippen LogP contribution in [0.25, 0.3) is 11.3 Å². The largest absolute Gasteiger partial charge is 0.366 e. The minimum Gasteiger partial charge on any atom is -0.366 e. The molecule has 0 radical (unpaired) electrons. The Morgan fingerprint density at radius 2 is 2.11 bits per heavy atom. The number of aromatic amines is 1. The molecule has 1 aliphatic carbocycles. The van der Waals surface area contributed by atoms with Crippen LogP contribution in [-0.4, -0.2) is 20.2 Å². The summed E-state index contributed by atoms with van der Waals surface area (Å²) in [6, 6.07) is 6.41. The number of fused-ring (bicyclic) bond motifs is 1. The molecule has 0 bridgehead atoms. The Labute approximate surface area is 156 Å². The SMILES string of the molecule is CC1(C)CCc2c(-c3cc(F)nc(NCc4cccnc4F)c3)n[nH]c2C1. The van der Waals surface area contributed by atoms with Gasteiger partial charge in [0.05, 0.1) is 5.69 Å². The maximum atomic E-state index is 14.1. The fourth-order valence-electron chi connectivity index (χ4n) is 3.55. The fourth-order valence-corrected chi connectivity index (χ4v) is 3.55. The second-order valence-electron chi connectivity index (χ2n) is 7.74. The van der Waals surface area contributed by atoms with E-state index < -0.39 is 11.9 Å². The molecule has 3 heterocycles. The summed E-state index contributed by atoms with van der Waals surface area (Å²) in [4.78, 5) is 7.48. The molecule has 7 heteroatoms. The number of hydrogen-bond donors (Lipinski definition) is 2. The van der Waals surface area contributed by atoms with Crippen LogP contribution in [0.4, 0.5) is 14.6 Å². The van der Waals surface area contributed by atoms with Crippen LogP contribution in [0, 0.1) is 17.3 Å². The molecular formula is C20H21F2N5. The first-order valence-corrected chi connectivity index (χ1v) is 8.99. The highest BCUT2D eigenvalue weighted by molar-refractivity contribution is 5.67. The van der Waals surface area contributed by atoms with E-state index >= 15 is 0 Å². The van der Waals surface area contributed by atoms with Gasteiger partial charge in [0.25, 0.3) is 0 Å². The highest BCUT2D eigenvalue weighted by Gasteiger charge is 2.29. The fraction of sp³-hybridized carbons (Fsp3) is 0.350. The molecule has 4 rings (SSSR count). The summed E-state index contributed by atoms with van der Waals surface area (Å²) in [7, 11) is 0. The van der Waals surface area contributed by atoms with Crippen molar-refractivity contribution in [3.05, 3.63) is 59.2 Å². The number of pyridine rings is 2. The molecule has 0 aliphatic heterocycles. The lowest BCUT2D eigenvalue weighted by Gasteiger charge is -2.29. The third-order valence-corrected chi connectivity index (χ3v) is 5.02. The van der Waals surface area contributed by atoms with Gasteiger partial charge in [0.1, 0.15) is 5.82 Å². The van der Waals surface area contributed by atoms with E-state index in [4.69, 9.17) is 0 Å². The van der Waals surface area contributed by atoms with Crippen LogP contribution < -0.4 is 5.32 Å². The third kappa shape index (κ3) is 3.67. The molecule has 0 saturated carbocycles. The van der Waals surface area contributed by atoms with E-state index in [1.165, 1.54) is 12.3 Å². The molecule has 0 atom stereocenters. The molecule has 5 nitrogen and oxygen atoms in total. The average Bonchev–Trinajstić information content (AvgIpc) is 3.02. The Hall–Kier alpha value is -2.83. The zero-order chi connectivity index (χ0) is 19.0. The van der Waals surface area contributed by atoms with Gasteiger partial charge in [0, 0.05) is 41.2 Å². The molecular weight excluding hydrogens is 348 g/mol. The van der Waals surface area contributed by atoms with Gasteiger partial charge < -0.3 is 5.32 Å². The van der Waals surface area contributed by atoms with E-state index in [9.17, 15) is 8.78 Å². The lowest BCUT2D eigenvalue weighted by molar-refractivity contribution is 0.312. The molecule has 0 fully saturated rings. The van der Waals surface area contributed by atoms with E-state index in [0.717, 1.165) is 36.2 Å². The van der Waals surface area contributed by atoms with Crippen molar-refractivity contribution in [1.29, 1.82) is 0 Å². The lowest BCUT2D eigenvalue weighted by Crippen LogP contribution is -2.21. The number of rotatable bonds is 4. The van der Waals surface area contributed by atoms with E-state index in [0.29, 0.717) is 16.9 Å². The van der Waals surface area contributed by atoms with Crippen LogP contribution in [-0.2, 0) is 19.4 Å². The van der Waals surface area contributed by atoms with Gasteiger partial charge in [-0.25, -0.2) is 9.97 Å². The van der Waals surface area contributed by atoms with Crippen molar-refractivity contribution in [2.24, 2.45) is 5.41 Å². The molecule has 27 heavy (non-hydrogen) atoms. The van der Waals surface area contributed by atoms with Gasteiger partial charge in [-0.15, -0.1) is 0 Å². The summed E-state index contributed by atoms with van der Waals surface area (Å²) in [6.07, 6.45) is 4.28. The summed E-state index contributed by atoms with van der Waals surface area (Å²) >= 11 is 0. The number of nitrogens with one attached hydrogen (secondary N) is 2. The number of H-pyrrole nitrogens is 1. The van der Waals surface area contributed by atoms with Gasteiger partial charge >= 0.3 is 0 Å². The van der Waals surface area contributed by atoms with E-state index in [2.05, 4.69) is 39.3 Å². The van der Waals surface area contributed by atoms with Crippen molar-refractivity contribution in [3.63, 3.8) is 0 Å². The van der Waals surface area contributed by atoms with Crippen LogP contribution in [0.2, 0.25) is 0 Å². The van der Waals surface area contributed by atoms with Crippen LogP contribution in [0.15, 0.2) is 30.5 Å². The van der Waals surface area contributed by atoms with Crippen molar-refractivity contribution in [1.82, 2.24) is 20.2 Å². The van der Waals surface area contributed by atoms with E-state index in [1.807, 2.05) is 0 Å². The molecule has 0 amide bonds. The molecule has 0 saturated heterocycles. The van der Waals surface area contributed by atoms with Crippen molar-refractivity contribution < 1.29 is 8.78 Å². The Balaban J connectivity index is 1.60. The Kier molecular flexibility index (Phi) is 4.37. The number of nitrogens with zero attached hydrogens (tertiary/aromatic N) is 3. The molecule has 1 aliphatic rings. The van der Waals surface area contributed by atoms with E-state index in [-0.39, 0.29) is 12.0 Å². The van der Waals surface area contributed by atoms with Gasteiger partial charge in [-0.05, 0) is 36.8 Å². The summed E-state index contributed by atoms with van der Waals surface area (Å²) in [5.41, 5.74) is 4.31. The second-order valence-corrected chi connectivity index (χ2v) is 7.74. The quantitative estimate of drug-likeness (QED) is 0.674. The molecule has 140 valence electrons. The molecule has 3 aromatic rings. The average molecular weight is 369 g/mol. The molecule has 0 spiro atoms. The third-order valence-electron chi connectivity index (χ3n) is 5.02. The minimum absolute atomic E-state index is 0.169. The van der Waals surface area contributed by atoms with Gasteiger partial charge in [-0.1, -0.05) is 19.9 Å². The number of aromatic nitrogens is 4. The number of halogens is 2. The van der Waals surface area contributed by atoms with Crippen LogP contribution >= 0.6 is 0 Å². The van der Waals surface area contributed by atoms with Gasteiger partial charge in [-0.3, -0.25) is 5.10 Å². The van der Waals surface area contributed by atoms with Crippen molar-refractivity contribution in [3.8, 4) is 11.3 Å². The first kappa shape index (κ1) is 17.6. The molecule has 3 aromatic heterocycles. The summed E-state index contributed by atoms with van der Waals surface area (Å²) in [5.74, 6) is -0.818. The summed E-state index contributed by atoms with van der Waals surface area (Å²) in [6.45, 7) is 4.65. The first-order chi connectivity index (χ1) is 12.9. The van der Waals surface area contributed by atoms with Crippen LogP contribution in [0.3, 0.4) is 0 Å². The Morgan fingerprint density at radius 1 is 1.26 bits per heavy atom. The van der Waals surface area contributed by atoms with Crippen molar-refractivity contribution in [2.45, 2.75) is 39.7 Å². The van der Waals surface area contributed by atoms with Crippen LogP contribution in [0.5, 0.6) is 0 Å². The van der Waals surface area contributed by atoms with Gasteiger partial charge in [0.2, 0.25) is 11.9 Å². The summed E-state index contributed by atoms with van der Waals surface area (Å²) in [5, 5.41) is 10.5. The lowest BCUT2D eigenvalue weighted by atomic mass is 9.76. The minimum atomic E-state index is -0.602. The number of anilines is 1. The predicted octanol–water partition coefficient (Wildman–Crippen LogP) is 4.27. The number of hydrogen-bond acceptors (Lipinski definition) is 4. The predicted molar refractivity (Wildman–Crippen MR) is 99.1 cm³/mol. The van der Waals surface area contributed by atoms with Crippen molar-refractivity contribution in [2.75, 3.05) is 5.32 Å². The molecule has 2 N–H and O–H groups in total. The van der Waals surface area contributed by atoms with Gasteiger partial charge in [0.15, 0.2) is 0 Å². The zero-order valence-electron chi connectivity index (χ0n) is 15.3. The van der Waals surface area contributed by atoms with Crippen molar-refractivity contribution >= 4 is 5.82 Å². The highest BCUT2D eigenvalue weighted by atomic mass is 19.1. The maximum absolute atomic E-state index is 14.1. The van der Waals surface area contributed by atoms with Gasteiger partial charge in [-0.2, -0.15) is 13.9 Å². The normalized spacial score (nSPS) is 15.4. The topological polar surface area (TPSA) is 66.5 Å². The first-order valence-electron chi connectivity index (χ1n) is 8.99. The molecule has 0 unspecified atom stereocenters. The highest BCUT2D eigenvalue weighted by Crippen LogP contribution is 2.38. The van der Waals surface area contributed by atoms with Crippen LogP contribution in [0.1, 0.15) is 37.1 Å².